The van der Waals surface area contributed by atoms with Crippen molar-refractivity contribution in [1.29, 1.82) is 5.26 Å². The second-order valence-electron chi connectivity index (χ2n) is 7.39. The number of rotatable bonds is 6. The van der Waals surface area contributed by atoms with Crippen LogP contribution < -0.4 is 20.1 Å². The molecular weight excluding hydrogens is 414 g/mol. The van der Waals surface area contributed by atoms with Gasteiger partial charge in [-0.15, -0.1) is 0 Å². The zero-order valence-electron chi connectivity index (χ0n) is 17.0. The first-order valence-corrected chi connectivity index (χ1v) is 9.87. The maximum absolute atomic E-state index is 12.0. The van der Waals surface area contributed by atoms with Crippen molar-refractivity contribution in [3.05, 3.63) is 41.1 Å². The lowest BCUT2D eigenvalue weighted by atomic mass is 10.1. The Balaban J connectivity index is 1.57. The van der Waals surface area contributed by atoms with Crippen LogP contribution in [-0.2, 0) is 9.59 Å². The first-order chi connectivity index (χ1) is 15.5. The Labute approximate surface area is 181 Å². The summed E-state index contributed by atoms with van der Waals surface area (Å²) >= 11 is 0. The summed E-state index contributed by atoms with van der Waals surface area (Å²) in [4.78, 5) is 32.4. The van der Waals surface area contributed by atoms with Gasteiger partial charge in [-0.3, -0.25) is 14.9 Å². The lowest BCUT2D eigenvalue weighted by Gasteiger charge is -2.11. The number of benzene rings is 1. The van der Waals surface area contributed by atoms with Crippen LogP contribution in [-0.4, -0.2) is 44.5 Å². The summed E-state index contributed by atoms with van der Waals surface area (Å²) < 4.78 is 12.7. The number of methoxy groups -OCH3 is 1. The van der Waals surface area contributed by atoms with Gasteiger partial charge in [0.15, 0.2) is 17.1 Å². The van der Waals surface area contributed by atoms with Crippen molar-refractivity contribution in [2.45, 2.75) is 25.3 Å². The Morgan fingerprint density at radius 3 is 2.81 bits per heavy atom. The largest absolute Gasteiger partial charge is 0.493 e. The van der Waals surface area contributed by atoms with Crippen molar-refractivity contribution in [2.75, 3.05) is 12.4 Å². The number of nitrogens with zero attached hydrogens (tertiary/aromatic N) is 5. The van der Waals surface area contributed by atoms with Gasteiger partial charge in [0.25, 0.3) is 5.91 Å². The molecule has 3 heterocycles. The smallest absolute Gasteiger partial charge is 0.327 e. The summed E-state index contributed by atoms with van der Waals surface area (Å²) in [7, 11) is 1.47. The number of amides is 2. The number of nitriles is 1. The van der Waals surface area contributed by atoms with Gasteiger partial charge in [0.1, 0.15) is 0 Å². The van der Waals surface area contributed by atoms with Crippen molar-refractivity contribution in [3.8, 4) is 23.6 Å². The Morgan fingerprint density at radius 2 is 2.12 bits per heavy atom. The quantitative estimate of drug-likeness (QED) is 0.441. The number of ether oxygens (including phenoxy) is 2. The average Bonchev–Trinajstić information content (AvgIpc) is 3.42. The number of carbonyl (C=O) groups is 2. The third kappa shape index (κ3) is 3.69. The summed E-state index contributed by atoms with van der Waals surface area (Å²) in [6.07, 6.45) is 5.18. The van der Waals surface area contributed by atoms with Crippen molar-refractivity contribution in [2.24, 2.45) is 0 Å². The molecule has 3 aromatic rings. The molecule has 0 unspecified atom stereocenters. The van der Waals surface area contributed by atoms with E-state index < -0.39 is 5.91 Å². The Morgan fingerprint density at radius 1 is 1.28 bits per heavy atom. The van der Waals surface area contributed by atoms with Crippen LogP contribution in [0.15, 0.2) is 30.0 Å². The minimum atomic E-state index is -0.432. The zero-order valence-corrected chi connectivity index (χ0v) is 17.0. The van der Waals surface area contributed by atoms with E-state index in [2.05, 4.69) is 25.7 Å². The fraction of sp³-hybridized carbons (Fsp3) is 0.238. The number of hydrogen-bond donors (Lipinski definition) is 2. The van der Waals surface area contributed by atoms with Crippen molar-refractivity contribution in [3.63, 3.8) is 0 Å². The molecule has 11 nitrogen and oxygen atoms in total. The van der Waals surface area contributed by atoms with E-state index in [4.69, 9.17) is 14.7 Å². The predicted molar refractivity (Wildman–Crippen MR) is 111 cm³/mol. The molecule has 5 rings (SSSR count). The highest BCUT2D eigenvalue weighted by Gasteiger charge is 2.26. The lowest BCUT2D eigenvalue weighted by molar-refractivity contribution is -0.124. The van der Waals surface area contributed by atoms with E-state index in [1.807, 2.05) is 6.07 Å². The molecule has 1 saturated carbocycles. The molecule has 1 aliphatic heterocycles. The normalized spacial score (nSPS) is 16.8. The Kier molecular flexibility index (Phi) is 4.67. The third-order valence-corrected chi connectivity index (χ3v) is 5.00. The van der Waals surface area contributed by atoms with E-state index in [-0.39, 0.29) is 24.4 Å². The van der Waals surface area contributed by atoms with E-state index in [1.54, 1.807) is 30.5 Å². The van der Waals surface area contributed by atoms with Gasteiger partial charge in [-0.1, -0.05) is 0 Å². The summed E-state index contributed by atoms with van der Waals surface area (Å²) in [6.45, 7) is 0. The van der Waals surface area contributed by atoms with Crippen LogP contribution in [0.1, 0.15) is 30.4 Å². The molecule has 0 bridgehead atoms. The number of fused-ring (bicyclic) bond motifs is 1. The highest BCUT2D eigenvalue weighted by molar-refractivity contribution is 6.15. The van der Waals surface area contributed by atoms with Gasteiger partial charge in [0.05, 0.1) is 31.4 Å². The fourth-order valence-corrected chi connectivity index (χ4v) is 3.25. The van der Waals surface area contributed by atoms with Gasteiger partial charge in [-0.25, -0.2) is 0 Å². The Bertz CT molecular complexity index is 1330. The second kappa shape index (κ2) is 7.66. The lowest BCUT2D eigenvalue weighted by Crippen LogP contribution is -2.19. The molecule has 0 atom stereocenters. The first-order valence-electron chi connectivity index (χ1n) is 9.87. The monoisotopic (exact) mass is 431 g/mol. The van der Waals surface area contributed by atoms with Gasteiger partial charge in [0.2, 0.25) is 11.9 Å². The summed E-state index contributed by atoms with van der Waals surface area (Å²) in [5.41, 5.74) is 1.71. The summed E-state index contributed by atoms with van der Waals surface area (Å²) in [5, 5.41) is 19.0. The third-order valence-electron chi connectivity index (χ3n) is 5.00. The molecule has 2 amide bonds. The average molecular weight is 431 g/mol. The van der Waals surface area contributed by atoms with Crippen molar-refractivity contribution >= 4 is 29.5 Å². The molecule has 2 aliphatic rings. The molecule has 0 spiro atoms. The van der Waals surface area contributed by atoms with Crippen LogP contribution >= 0.6 is 0 Å². The predicted octanol–water partition coefficient (Wildman–Crippen LogP) is 1.80. The number of aromatic nitrogens is 4. The van der Waals surface area contributed by atoms with E-state index in [0.29, 0.717) is 39.8 Å². The van der Waals surface area contributed by atoms with Crippen LogP contribution in [0.3, 0.4) is 0 Å². The van der Waals surface area contributed by atoms with Crippen LogP contribution in [0.5, 0.6) is 17.5 Å². The highest BCUT2D eigenvalue weighted by atomic mass is 16.5. The summed E-state index contributed by atoms with van der Waals surface area (Å²) in [5.74, 6) is 0.366. The Hall–Kier alpha value is -4.46. The number of carbonyl (C=O) groups excluding carboxylic acids is 2. The number of imide groups is 1. The molecule has 1 aliphatic carbocycles. The number of anilines is 1. The molecule has 2 aromatic heterocycles. The topological polar surface area (TPSA) is 144 Å². The van der Waals surface area contributed by atoms with Crippen LogP contribution in [0, 0.1) is 11.3 Å². The maximum Gasteiger partial charge on any atom is 0.327 e. The zero-order chi connectivity index (χ0) is 22.2. The van der Waals surface area contributed by atoms with E-state index in [0.717, 1.165) is 12.8 Å². The highest BCUT2D eigenvalue weighted by Crippen LogP contribution is 2.32. The number of nitrogens with one attached hydrogen (secondary N) is 2. The van der Waals surface area contributed by atoms with E-state index in [1.165, 1.54) is 11.6 Å². The van der Waals surface area contributed by atoms with Crippen LogP contribution in [0.4, 0.5) is 5.95 Å². The van der Waals surface area contributed by atoms with Gasteiger partial charge in [-0.2, -0.15) is 24.8 Å². The van der Waals surface area contributed by atoms with Gasteiger partial charge >= 0.3 is 6.01 Å². The molecular formula is C21H17N7O4. The molecule has 0 radical (unpaired) electrons. The summed E-state index contributed by atoms with van der Waals surface area (Å²) in [6, 6.07) is 7.13. The van der Waals surface area contributed by atoms with Crippen molar-refractivity contribution < 1.29 is 19.1 Å². The first kappa shape index (κ1) is 19.5. The molecule has 11 heteroatoms. The minimum Gasteiger partial charge on any atom is -0.493 e. The number of hydrogen-bond acceptors (Lipinski definition) is 9. The van der Waals surface area contributed by atoms with Gasteiger partial charge < -0.3 is 14.8 Å². The van der Waals surface area contributed by atoms with Crippen molar-refractivity contribution in [1.82, 2.24) is 24.9 Å². The molecule has 32 heavy (non-hydrogen) atoms. The minimum absolute atomic E-state index is 0.000234. The molecule has 2 fully saturated rings. The van der Waals surface area contributed by atoms with Gasteiger partial charge in [0, 0.05) is 23.2 Å². The second-order valence-corrected chi connectivity index (χ2v) is 7.39. The molecule has 2 N–H and O–H groups in total. The van der Waals surface area contributed by atoms with E-state index >= 15 is 0 Å². The molecule has 1 saturated heterocycles. The standard InChI is InChI=1S/C21H17N7O4/c1-31-16-6-11(9-22)2-5-15(16)32-21-26-18-13(7-12-8-17(29)25-19(12)30)10-23-28(18)20(27-21)24-14-3-4-14/h2,5-7,10,14H,3-4,8H2,1H3,(H,24,26,27)(H,25,29,30)/b12-7+. The SMILES string of the molecule is COc1cc(C#N)ccc1Oc1nc(NC2CC2)n2ncc(/C=C3\CC(=O)NC3=O)c2n1. The van der Waals surface area contributed by atoms with Crippen LogP contribution in [0.25, 0.3) is 11.7 Å². The van der Waals surface area contributed by atoms with Gasteiger partial charge in [-0.05, 0) is 31.1 Å². The van der Waals surface area contributed by atoms with E-state index in [9.17, 15) is 9.59 Å². The maximum atomic E-state index is 12.0. The fourth-order valence-electron chi connectivity index (χ4n) is 3.25. The van der Waals surface area contributed by atoms with Crippen LogP contribution in [0.2, 0.25) is 0 Å². The molecule has 1 aromatic carbocycles. The molecule has 160 valence electrons.